The van der Waals surface area contributed by atoms with Gasteiger partial charge in [0.15, 0.2) is 0 Å². The Kier molecular flexibility index (Phi) is 4.04. The van der Waals surface area contributed by atoms with Crippen LogP contribution < -0.4 is 0 Å². The smallest absolute Gasteiger partial charge is 0.320 e. The first-order valence-corrected chi connectivity index (χ1v) is 6.44. The van der Waals surface area contributed by atoms with Crippen LogP contribution in [-0.2, 0) is 17.9 Å². The molecule has 1 N–H and O–H groups in total. The van der Waals surface area contributed by atoms with E-state index in [1.807, 2.05) is 31.2 Å². The van der Waals surface area contributed by atoms with Crippen molar-refractivity contribution in [2.75, 3.05) is 13.1 Å². The quantitative estimate of drug-likeness (QED) is 0.901. The fraction of sp³-hybridized carbons (Fsp3) is 0.429. The summed E-state index contributed by atoms with van der Waals surface area (Å²) in [6, 6.07) is 7.90. The largest absolute Gasteiger partial charge is 0.481 e. The SMILES string of the molecule is CCN(CCC(=O)O)C(=O)N1Cc2ccccc2C1. The first-order chi connectivity index (χ1) is 9.11. The number of aliphatic carboxylic acids is 1. The predicted octanol–water partition coefficient (Wildman–Crippen LogP) is 1.92. The molecule has 1 aliphatic rings. The summed E-state index contributed by atoms with van der Waals surface area (Å²) in [5.41, 5.74) is 2.34. The Morgan fingerprint density at radius 3 is 2.32 bits per heavy atom. The van der Waals surface area contributed by atoms with Gasteiger partial charge in [0.2, 0.25) is 0 Å². The number of urea groups is 1. The maximum atomic E-state index is 12.3. The van der Waals surface area contributed by atoms with E-state index >= 15 is 0 Å². The van der Waals surface area contributed by atoms with Crippen molar-refractivity contribution in [2.24, 2.45) is 0 Å². The Morgan fingerprint density at radius 2 is 1.84 bits per heavy atom. The number of carboxylic acids is 1. The molecule has 1 heterocycles. The second-order valence-electron chi connectivity index (χ2n) is 4.63. The second-order valence-corrected chi connectivity index (χ2v) is 4.63. The number of nitrogens with zero attached hydrogens (tertiary/aromatic N) is 2. The Labute approximate surface area is 112 Å². The summed E-state index contributed by atoms with van der Waals surface area (Å²) in [6.45, 7) is 3.87. The van der Waals surface area contributed by atoms with E-state index in [1.165, 1.54) is 11.1 Å². The van der Waals surface area contributed by atoms with Gasteiger partial charge in [-0.3, -0.25) is 4.79 Å². The number of benzene rings is 1. The van der Waals surface area contributed by atoms with Gasteiger partial charge in [0.05, 0.1) is 6.42 Å². The van der Waals surface area contributed by atoms with Crippen LogP contribution in [0.15, 0.2) is 24.3 Å². The van der Waals surface area contributed by atoms with Crippen molar-refractivity contribution in [3.63, 3.8) is 0 Å². The van der Waals surface area contributed by atoms with E-state index in [0.29, 0.717) is 19.6 Å². The first-order valence-electron chi connectivity index (χ1n) is 6.44. The lowest BCUT2D eigenvalue weighted by Crippen LogP contribution is -2.41. The van der Waals surface area contributed by atoms with Crippen molar-refractivity contribution >= 4 is 12.0 Å². The van der Waals surface area contributed by atoms with Gasteiger partial charge in [0.25, 0.3) is 0 Å². The lowest BCUT2D eigenvalue weighted by Gasteiger charge is -2.26. The standard InChI is InChI=1S/C14H18N2O3/c1-2-15(8-7-13(17)18)14(19)16-9-11-5-3-4-6-12(11)10-16/h3-6H,2,7-10H2,1H3,(H,17,18). The van der Waals surface area contributed by atoms with Crippen LogP contribution in [0.2, 0.25) is 0 Å². The van der Waals surface area contributed by atoms with E-state index in [1.54, 1.807) is 9.80 Å². The highest BCUT2D eigenvalue weighted by molar-refractivity contribution is 5.76. The van der Waals surface area contributed by atoms with E-state index in [4.69, 9.17) is 5.11 Å². The molecule has 5 heteroatoms. The zero-order valence-electron chi connectivity index (χ0n) is 11.0. The minimum atomic E-state index is -0.879. The van der Waals surface area contributed by atoms with E-state index in [-0.39, 0.29) is 19.0 Å². The molecule has 0 aromatic heterocycles. The third-order valence-electron chi connectivity index (χ3n) is 3.36. The van der Waals surface area contributed by atoms with E-state index in [9.17, 15) is 9.59 Å². The Morgan fingerprint density at radius 1 is 1.26 bits per heavy atom. The maximum absolute atomic E-state index is 12.3. The van der Waals surface area contributed by atoms with Crippen molar-refractivity contribution in [3.8, 4) is 0 Å². The molecule has 1 aromatic rings. The highest BCUT2D eigenvalue weighted by Crippen LogP contribution is 2.23. The third kappa shape index (κ3) is 3.05. The van der Waals surface area contributed by atoms with Gasteiger partial charge < -0.3 is 14.9 Å². The van der Waals surface area contributed by atoms with Crippen molar-refractivity contribution in [1.82, 2.24) is 9.80 Å². The van der Waals surface area contributed by atoms with Crippen LogP contribution in [0, 0.1) is 0 Å². The van der Waals surface area contributed by atoms with Crippen molar-refractivity contribution in [1.29, 1.82) is 0 Å². The number of hydrogen-bond donors (Lipinski definition) is 1. The summed E-state index contributed by atoms with van der Waals surface area (Å²) in [4.78, 5) is 26.3. The van der Waals surface area contributed by atoms with E-state index in [2.05, 4.69) is 0 Å². The number of carboxylic acid groups (broad SMARTS) is 1. The maximum Gasteiger partial charge on any atom is 0.320 e. The molecule has 2 amide bonds. The van der Waals surface area contributed by atoms with Crippen LogP contribution in [0.5, 0.6) is 0 Å². The topological polar surface area (TPSA) is 60.9 Å². The summed E-state index contributed by atoms with van der Waals surface area (Å²) in [5.74, 6) is -0.879. The average molecular weight is 262 g/mol. The molecule has 0 bridgehead atoms. The highest BCUT2D eigenvalue weighted by Gasteiger charge is 2.26. The lowest BCUT2D eigenvalue weighted by atomic mass is 10.1. The summed E-state index contributed by atoms with van der Waals surface area (Å²) in [7, 11) is 0. The van der Waals surface area contributed by atoms with Crippen LogP contribution in [-0.4, -0.2) is 40.0 Å². The summed E-state index contributed by atoms with van der Waals surface area (Å²) < 4.78 is 0. The molecule has 5 nitrogen and oxygen atoms in total. The van der Waals surface area contributed by atoms with Gasteiger partial charge >= 0.3 is 12.0 Å². The zero-order valence-corrected chi connectivity index (χ0v) is 11.0. The van der Waals surface area contributed by atoms with Crippen LogP contribution in [0.1, 0.15) is 24.5 Å². The number of rotatable bonds is 4. The van der Waals surface area contributed by atoms with Gasteiger partial charge in [0.1, 0.15) is 0 Å². The fourth-order valence-corrected chi connectivity index (χ4v) is 2.29. The van der Waals surface area contributed by atoms with Crippen molar-refractivity contribution in [3.05, 3.63) is 35.4 Å². The number of fused-ring (bicyclic) bond motifs is 1. The lowest BCUT2D eigenvalue weighted by molar-refractivity contribution is -0.137. The monoisotopic (exact) mass is 262 g/mol. The van der Waals surface area contributed by atoms with Gasteiger partial charge in [-0.05, 0) is 18.1 Å². The van der Waals surface area contributed by atoms with Gasteiger partial charge in [0, 0.05) is 26.2 Å². The molecule has 19 heavy (non-hydrogen) atoms. The van der Waals surface area contributed by atoms with Crippen LogP contribution in [0.25, 0.3) is 0 Å². The zero-order chi connectivity index (χ0) is 13.8. The first kappa shape index (κ1) is 13.4. The van der Waals surface area contributed by atoms with Gasteiger partial charge in [-0.2, -0.15) is 0 Å². The number of amides is 2. The second kappa shape index (κ2) is 5.73. The molecule has 0 saturated carbocycles. The summed E-state index contributed by atoms with van der Waals surface area (Å²) in [5, 5.41) is 8.70. The van der Waals surface area contributed by atoms with Gasteiger partial charge in [-0.1, -0.05) is 24.3 Å². The Bertz CT molecular complexity index is 462. The molecule has 102 valence electrons. The molecule has 0 aliphatic carbocycles. The molecule has 1 aliphatic heterocycles. The molecule has 2 rings (SSSR count). The van der Waals surface area contributed by atoms with Crippen LogP contribution in [0.3, 0.4) is 0 Å². The van der Waals surface area contributed by atoms with Gasteiger partial charge in [-0.15, -0.1) is 0 Å². The van der Waals surface area contributed by atoms with E-state index in [0.717, 1.165) is 0 Å². The van der Waals surface area contributed by atoms with Gasteiger partial charge in [-0.25, -0.2) is 4.79 Å². The molecule has 0 fully saturated rings. The van der Waals surface area contributed by atoms with Crippen LogP contribution in [0.4, 0.5) is 4.79 Å². The van der Waals surface area contributed by atoms with Crippen molar-refractivity contribution < 1.29 is 14.7 Å². The average Bonchev–Trinajstić information content (AvgIpc) is 2.82. The molecule has 0 atom stereocenters. The molecule has 1 aromatic carbocycles. The minimum absolute atomic E-state index is 0.0135. The summed E-state index contributed by atoms with van der Waals surface area (Å²) in [6.07, 6.45) is -0.0135. The molecule has 0 spiro atoms. The molecule has 0 unspecified atom stereocenters. The van der Waals surface area contributed by atoms with Crippen LogP contribution >= 0.6 is 0 Å². The van der Waals surface area contributed by atoms with E-state index < -0.39 is 5.97 Å². The normalized spacial score (nSPS) is 13.2. The molecule has 0 radical (unpaired) electrons. The number of carbonyl (C=O) groups excluding carboxylic acids is 1. The highest BCUT2D eigenvalue weighted by atomic mass is 16.4. The van der Waals surface area contributed by atoms with Crippen molar-refractivity contribution in [2.45, 2.75) is 26.4 Å². The molecular formula is C14H18N2O3. The number of carbonyl (C=O) groups is 2. The Balaban J connectivity index is 1.99. The summed E-state index contributed by atoms with van der Waals surface area (Å²) >= 11 is 0. The molecule has 0 saturated heterocycles. The molecular weight excluding hydrogens is 244 g/mol. The minimum Gasteiger partial charge on any atom is -0.481 e. The fourth-order valence-electron chi connectivity index (χ4n) is 2.29. The number of hydrogen-bond acceptors (Lipinski definition) is 2. The third-order valence-corrected chi connectivity index (χ3v) is 3.36. The Hall–Kier alpha value is -2.04. The predicted molar refractivity (Wildman–Crippen MR) is 70.6 cm³/mol.